The molecule has 0 saturated heterocycles. The largest absolute Gasteiger partial charge is 0.496 e. The van der Waals surface area contributed by atoms with Crippen LogP contribution in [0.1, 0.15) is 43.7 Å². The summed E-state index contributed by atoms with van der Waals surface area (Å²) in [5, 5.41) is 12.6. The molecule has 3 heteroatoms. The molecule has 1 atom stereocenters. The summed E-state index contributed by atoms with van der Waals surface area (Å²) in [6, 6.07) is 8.33. The van der Waals surface area contributed by atoms with Crippen molar-refractivity contribution in [2.24, 2.45) is 5.92 Å². The Kier molecular flexibility index (Phi) is 4.81. The quantitative estimate of drug-likeness (QED) is 0.816. The third-order valence-corrected chi connectivity index (χ3v) is 3.80. The van der Waals surface area contributed by atoms with Crippen molar-refractivity contribution in [3.63, 3.8) is 0 Å². The first-order valence-corrected chi connectivity index (χ1v) is 7.07. The lowest BCUT2D eigenvalue weighted by atomic mass is 10.1. The first-order valence-electron chi connectivity index (χ1n) is 7.07. The molecule has 1 aliphatic carbocycles. The molecule has 19 heavy (non-hydrogen) atoms. The molecule has 1 aliphatic rings. The van der Waals surface area contributed by atoms with Gasteiger partial charge in [0.05, 0.1) is 18.7 Å². The summed E-state index contributed by atoms with van der Waals surface area (Å²) < 4.78 is 5.35. The summed E-state index contributed by atoms with van der Waals surface area (Å²) in [4.78, 5) is 0. The molecule has 1 aromatic carbocycles. The Morgan fingerprint density at radius 2 is 2.26 bits per heavy atom. The standard InChI is InChI=1S/C16H22N2O/c1-3-15(9-12-4-5-12)18-11-14-8-13(10-17)6-7-16(14)19-2/h6-8,12,15,18H,3-5,9,11H2,1-2H3. The van der Waals surface area contributed by atoms with E-state index in [1.165, 1.54) is 19.3 Å². The lowest BCUT2D eigenvalue weighted by Gasteiger charge is -2.18. The van der Waals surface area contributed by atoms with Crippen molar-refractivity contribution >= 4 is 0 Å². The zero-order valence-electron chi connectivity index (χ0n) is 11.8. The molecule has 0 radical (unpaired) electrons. The molecule has 1 unspecified atom stereocenters. The minimum Gasteiger partial charge on any atom is -0.496 e. The van der Waals surface area contributed by atoms with Crippen molar-refractivity contribution in [1.82, 2.24) is 5.32 Å². The van der Waals surface area contributed by atoms with Gasteiger partial charge >= 0.3 is 0 Å². The summed E-state index contributed by atoms with van der Waals surface area (Å²) in [6.45, 7) is 2.99. The molecule has 0 aliphatic heterocycles. The maximum Gasteiger partial charge on any atom is 0.123 e. The first-order chi connectivity index (χ1) is 9.26. The predicted molar refractivity (Wildman–Crippen MR) is 76.0 cm³/mol. The Labute approximate surface area is 115 Å². The predicted octanol–water partition coefficient (Wildman–Crippen LogP) is 3.24. The van der Waals surface area contributed by atoms with E-state index < -0.39 is 0 Å². The average molecular weight is 258 g/mol. The van der Waals surface area contributed by atoms with Gasteiger partial charge in [-0.2, -0.15) is 5.26 Å². The Morgan fingerprint density at radius 1 is 1.47 bits per heavy atom. The van der Waals surface area contributed by atoms with Crippen LogP contribution >= 0.6 is 0 Å². The van der Waals surface area contributed by atoms with E-state index >= 15 is 0 Å². The fourth-order valence-electron chi connectivity index (χ4n) is 2.39. The summed E-state index contributed by atoms with van der Waals surface area (Å²) in [6.07, 6.45) is 5.21. The molecule has 0 bridgehead atoms. The van der Waals surface area contributed by atoms with Crippen LogP contribution in [-0.2, 0) is 6.54 Å². The molecule has 0 spiro atoms. The van der Waals surface area contributed by atoms with Crippen molar-refractivity contribution < 1.29 is 4.74 Å². The Balaban J connectivity index is 1.98. The van der Waals surface area contributed by atoms with Crippen LogP contribution < -0.4 is 10.1 Å². The van der Waals surface area contributed by atoms with E-state index in [1.807, 2.05) is 12.1 Å². The number of hydrogen-bond acceptors (Lipinski definition) is 3. The van der Waals surface area contributed by atoms with Gasteiger partial charge in [0.15, 0.2) is 0 Å². The van der Waals surface area contributed by atoms with Crippen LogP contribution in [0.2, 0.25) is 0 Å². The highest BCUT2D eigenvalue weighted by Gasteiger charge is 2.24. The maximum atomic E-state index is 8.97. The second-order valence-electron chi connectivity index (χ2n) is 5.30. The van der Waals surface area contributed by atoms with Crippen LogP contribution in [0.25, 0.3) is 0 Å². The number of benzene rings is 1. The van der Waals surface area contributed by atoms with E-state index in [9.17, 15) is 0 Å². The van der Waals surface area contributed by atoms with Gasteiger partial charge in [0.25, 0.3) is 0 Å². The van der Waals surface area contributed by atoms with E-state index in [0.29, 0.717) is 11.6 Å². The van der Waals surface area contributed by atoms with Gasteiger partial charge in [0.1, 0.15) is 5.75 Å². The normalized spacial score (nSPS) is 15.8. The Morgan fingerprint density at radius 3 is 2.84 bits per heavy atom. The van der Waals surface area contributed by atoms with Crippen molar-refractivity contribution in [3.05, 3.63) is 29.3 Å². The van der Waals surface area contributed by atoms with Crippen molar-refractivity contribution in [2.45, 2.75) is 45.2 Å². The van der Waals surface area contributed by atoms with Crippen LogP contribution in [-0.4, -0.2) is 13.2 Å². The second-order valence-corrected chi connectivity index (χ2v) is 5.30. The molecular formula is C16H22N2O. The molecular weight excluding hydrogens is 236 g/mol. The molecule has 0 aromatic heterocycles. The maximum absolute atomic E-state index is 8.97. The van der Waals surface area contributed by atoms with Crippen LogP contribution in [0.4, 0.5) is 0 Å². The average Bonchev–Trinajstić information content (AvgIpc) is 3.26. The minimum absolute atomic E-state index is 0.572. The summed E-state index contributed by atoms with van der Waals surface area (Å²) >= 11 is 0. The van der Waals surface area contributed by atoms with Gasteiger partial charge in [-0.1, -0.05) is 19.8 Å². The summed E-state index contributed by atoms with van der Waals surface area (Å²) in [5.41, 5.74) is 1.75. The number of nitriles is 1. The van der Waals surface area contributed by atoms with E-state index in [1.54, 1.807) is 13.2 Å². The molecule has 2 rings (SSSR count). The number of methoxy groups -OCH3 is 1. The zero-order chi connectivity index (χ0) is 13.7. The van der Waals surface area contributed by atoms with Crippen LogP contribution in [0.5, 0.6) is 5.75 Å². The molecule has 1 N–H and O–H groups in total. The molecule has 0 amide bonds. The third-order valence-electron chi connectivity index (χ3n) is 3.80. The van der Waals surface area contributed by atoms with Gasteiger partial charge in [-0.3, -0.25) is 0 Å². The van der Waals surface area contributed by atoms with Crippen LogP contribution in [0.15, 0.2) is 18.2 Å². The van der Waals surface area contributed by atoms with Gasteiger partial charge in [-0.05, 0) is 37.0 Å². The monoisotopic (exact) mass is 258 g/mol. The number of nitrogens with zero attached hydrogens (tertiary/aromatic N) is 1. The fourth-order valence-corrected chi connectivity index (χ4v) is 2.39. The molecule has 3 nitrogen and oxygen atoms in total. The highest BCUT2D eigenvalue weighted by molar-refractivity contribution is 5.42. The molecule has 1 aromatic rings. The van der Waals surface area contributed by atoms with Crippen molar-refractivity contribution in [2.75, 3.05) is 7.11 Å². The van der Waals surface area contributed by atoms with E-state index in [2.05, 4.69) is 18.3 Å². The van der Waals surface area contributed by atoms with E-state index in [0.717, 1.165) is 30.2 Å². The molecule has 0 heterocycles. The molecule has 102 valence electrons. The van der Waals surface area contributed by atoms with E-state index in [-0.39, 0.29) is 0 Å². The van der Waals surface area contributed by atoms with E-state index in [4.69, 9.17) is 10.00 Å². The van der Waals surface area contributed by atoms with Gasteiger partial charge in [0, 0.05) is 18.2 Å². The van der Waals surface area contributed by atoms with Crippen molar-refractivity contribution in [1.29, 1.82) is 5.26 Å². The lowest BCUT2D eigenvalue weighted by molar-refractivity contribution is 0.399. The SMILES string of the molecule is CCC(CC1CC1)NCc1cc(C#N)ccc1OC. The number of nitrogens with one attached hydrogen (secondary N) is 1. The third kappa shape index (κ3) is 3.97. The Bertz CT molecular complexity index is 460. The number of ether oxygens (including phenoxy) is 1. The molecule has 1 saturated carbocycles. The minimum atomic E-state index is 0.572. The number of hydrogen-bond donors (Lipinski definition) is 1. The number of rotatable bonds is 7. The molecule has 1 fully saturated rings. The smallest absolute Gasteiger partial charge is 0.123 e. The van der Waals surface area contributed by atoms with Crippen molar-refractivity contribution in [3.8, 4) is 11.8 Å². The van der Waals surface area contributed by atoms with Crippen LogP contribution in [0, 0.1) is 17.2 Å². The van der Waals surface area contributed by atoms with Gasteiger partial charge < -0.3 is 10.1 Å². The zero-order valence-corrected chi connectivity index (χ0v) is 11.8. The lowest BCUT2D eigenvalue weighted by Crippen LogP contribution is -2.28. The second kappa shape index (κ2) is 6.58. The summed E-state index contributed by atoms with van der Waals surface area (Å²) in [5.74, 6) is 1.79. The topological polar surface area (TPSA) is 45.0 Å². The summed E-state index contributed by atoms with van der Waals surface area (Å²) in [7, 11) is 1.67. The first kappa shape index (κ1) is 13.9. The van der Waals surface area contributed by atoms with Gasteiger partial charge in [0.2, 0.25) is 0 Å². The highest BCUT2D eigenvalue weighted by Crippen LogP contribution is 2.34. The van der Waals surface area contributed by atoms with Crippen LogP contribution in [0.3, 0.4) is 0 Å². The fraction of sp³-hybridized carbons (Fsp3) is 0.562. The van der Waals surface area contributed by atoms with Gasteiger partial charge in [-0.25, -0.2) is 0 Å². The highest BCUT2D eigenvalue weighted by atomic mass is 16.5. The van der Waals surface area contributed by atoms with Gasteiger partial charge in [-0.15, -0.1) is 0 Å². The Hall–Kier alpha value is -1.53.